The van der Waals surface area contributed by atoms with Gasteiger partial charge in [0.15, 0.2) is 5.96 Å². The zero-order valence-corrected chi connectivity index (χ0v) is 16.4. The summed E-state index contributed by atoms with van der Waals surface area (Å²) in [5.74, 6) is 1.17. The molecule has 0 atom stereocenters. The zero-order chi connectivity index (χ0) is 19.0. The van der Waals surface area contributed by atoms with Gasteiger partial charge in [-0.25, -0.2) is 17.7 Å². The predicted molar refractivity (Wildman–Crippen MR) is 105 cm³/mol. The molecule has 26 heavy (non-hydrogen) atoms. The van der Waals surface area contributed by atoms with Gasteiger partial charge in [0.25, 0.3) is 0 Å². The number of nitrogens with zero attached hydrogens (tertiary/aromatic N) is 2. The summed E-state index contributed by atoms with van der Waals surface area (Å²) in [6.07, 6.45) is 2.17. The van der Waals surface area contributed by atoms with Gasteiger partial charge in [0.2, 0.25) is 10.0 Å². The summed E-state index contributed by atoms with van der Waals surface area (Å²) in [7, 11) is -3.11. The summed E-state index contributed by atoms with van der Waals surface area (Å²) >= 11 is 0. The second-order valence-electron chi connectivity index (χ2n) is 6.50. The van der Waals surface area contributed by atoms with Crippen LogP contribution in [0.3, 0.4) is 0 Å². The van der Waals surface area contributed by atoms with Crippen molar-refractivity contribution in [2.24, 2.45) is 4.99 Å². The van der Waals surface area contributed by atoms with Crippen LogP contribution in [0.2, 0.25) is 0 Å². The highest BCUT2D eigenvalue weighted by atomic mass is 32.2. The van der Waals surface area contributed by atoms with Crippen LogP contribution in [-0.2, 0) is 16.6 Å². The number of nitrogens with one attached hydrogen (secondary N) is 2. The summed E-state index contributed by atoms with van der Waals surface area (Å²) in [4.78, 5) is 4.57. The first-order valence-electron chi connectivity index (χ1n) is 9.25. The quantitative estimate of drug-likeness (QED) is 0.492. The number of aromatic hydroxyl groups is 1. The highest BCUT2D eigenvalue weighted by molar-refractivity contribution is 7.89. The van der Waals surface area contributed by atoms with E-state index >= 15 is 0 Å². The number of rotatable bonds is 7. The number of phenolic OH excluding ortho intramolecular Hbond substituents is 1. The van der Waals surface area contributed by atoms with Crippen LogP contribution in [0.4, 0.5) is 0 Å². The van der Waals surface area contributed by atoms with Gasteiger partial charge in [-0.05, 0) is 43.9 Å². The monoisotopic (exact) mass is 382 g/mol. The van der Waals surface area contributed by atoms with Gasteiger partial charge in [0.05, 0.1) is 12.3 Å². The molecule has 2 rings (SSSR count). The Kier molecular flexibility index (Phi) is 7.71. The van der Waals surface area contributed by atoms with Crippen molar-refractivity contribution >= 4 is 16.0 Å². The Hall–Kier alpha value is -1.80. The van der Waals surface area contributed by atoms with E-state index in [1.807, 2.05) is 19.9 Å². The molecule has 8 heteroatoms. The molecule has 3 N–H and O–H groups in total. The molecule has 1 fully saturated rings. The van der Waals surface area contributed by atoms with Crippen LogP contribution in [0.1, 0.15) is 38.7 Å². The molecule has 0 aromatic heterocycles. The molecule has 0 spiro atoms. The number of benzene rings is 1. The molecule has 7 nitrogen and oxygen atoms in total. The molecule has 0 saturated carbocycles. The van der Waals surface area contributed by atoms with E-state index < -0.39 is 10.0 Å². The van der Waals surface area contributed by atoms with Gasteiger partial charge in [0.1, 0.15) is 5.75 Å². The van der Waals surface area contributed by atoms with Crippen molar-refractivity contribution in [3.8, 4) is 5.75 Å². The molecule has 0 amide bonds. The van der Waals surface area contributed by atoms with Gasteiger partial charge in [-0.2, -0.15) is 0 Å². The number of guanidine groups is 1. The normalized spacial score (nSPS) is 17.2. The Labute approximate surface area is 156 Å². The molecule has 1 aliphatic heterocycles. The fourth-order valence-electron chi connectivity index (χ4n) is 3.00. The Bertz CT molecular complexity index is 698. The lowest BCUT2D eigenvalue weighted by molar-refractivity contribution is 0.306. The van der Waals surface area contributed by atoms with Gasteiger partial charge in [0, 0.05) is 25.7 Å². The standard InChI is InChI=1S/C18H30N4O3S/c1-3-12-26(24,25)22-10-8-16(9-11-22)21-18(19-4-2)20-14-15-6-5-7-17(23)13-15/h5-7,13,16,23H,3-4,8-12,14H2,1-2H3,(H2,19,20,21). The second kappa shape index (κ2) is 9.78. The minimum atomic E-state index is -3.11. The maximum Gasteiger partial charge on any atom is 0.214 e. The van der Waals surface area contributed by atoms with Crippen LogP contribution < -0.4 is 10.6 Å². The SMILES string of the molecule is CCCS(=O)(=O)N1CCC(NC(=NCc2cccc(O)c2)NCC)CC1. The molecule has 1 aromatic carbocycles. The third-order valence-electron chi connectivity index (χ3n) is 4.32. The van der Waals surface area contributed by atoms with Crippen molar-refractivity contribution < 1.29 is 13.5 Å². The highest BCUT2D eigenvalue weighted by Gasteiger charge is 2.27. The first-order valence-corrected chi connectivity index (χ1v) is 10.9. The van der Waals surface area contributed by atoms with E-state index in [9.17, 15) is 13.5 Å². The van der Waals surface area contributed by atoms with E-state index in [4.69, 9.17) is 0 Å². The van der Waals surface area contributed by atoms with Crippen molar-refractivity contribution in [3.05, 3.63) is 29.8 Å². The Morgan fingerprint density at radius 3 is 2.65 bits per heavy atom. The smallest absolute Gasteiger partial charge is 0.214 e. The first kappa shape index (κ1) is 20.5. The lowest BCUT2D eigenvalue weighted by Gasteiger charge is -2.32. The average molecular weight is 383 g/mol. The zero-order valence-electron chi connectivity index (χ0n) is 15.6. The van der Waals surface area contributed by atoms with E-state index in [0.29, 0.717) is 32.0 Å². The number of hydrogen-bond donors (Lipinski definition) is 3. The lowest BCUT2D eigenvalue weighted by atomic mass is 10.1. The number of piperidine rings is 1. The maximum atomic E-state index is 12.2. The molecule has 1 aromatic rings. The summed E-state index contributed by atoms with van der Waals surface area (Å²) < 4.78 is 25.9. The predicted octanol–water partition coefficient (Wildman–Crippen LogP) is 1.65. The van der Waals surface area contributed by atoms with E-state index in [1.165, 1.54) is 0 Å². The van der Waals surface area contributed by atoms with Crippen LogP contribution >= 0.6 is 0 Å². The van der Waals surface area contributed by atoms with Crippen molar-refractivity contribution in [1.29, 1.82) is 0 Å². The van der Waals surface area contributed by atoms with Crippen LogP contribution in [0.25, 0.3) is 0 Å². The fourth-order valence-corrected chi connectivity index (χ4v) is 4.55. The number of phenols is 1. The Morgan fingerprint density at radius 1 is 1.31 bits per heavy atom. The van der Waals surface area contributed by atoms with Crippen LogP contribution in [-0.4, -0.2) is 55.2 Å². The molecule has 1 aliphatic rings. The van der Waals surface area contributed by atoms with Crippen LogP contribution in [0.15, 0.2) is 29.3 Å². The topological polar surface area (TPSA) is 94.0 Å². The Morgan fingerprint density at radius 2 is 2.04 bits per heavy atom. The van der Waals surface area contributed by atoms with Crippen molar-refractivity contribution in [3.63, 3.8) is 0 Å². The van der Waals surface area contributed by atoms with Gasteiger partial charge in [-0.3, -0.25) is 0 Å². The summed E-state index contributed by atoms with van der Waals surface area (Å²) in [5.41, 5.74) is 0.933. The summed E-state index contributed by atoms with van der Waals surface area (Å²) in [5, 5.41) is 16.2. The third-order valence-corrected chi connectivity index (χ3v) is 6.40. The fraction of sp³-hybridized carbons (Fsp3) is 0.611. The van der Waals surface area contributed by atoms with E-state index in [1.54, 1.807) is 22.5 Å². The van der Waals surface area contributed by atoms with Gasteiger partial charge >= 0.3 is 0 Å². The van der Waals surface area contributed by atoms with Crippen molar-refractivity contribution in [2.75, 3.05) is 25.4 Å². The lowest BCUT2D eigenvalue weighted by Crippen LogP contribution is -2.50. The maximum absolute atomic E-state index is 12.2. The molecule has 1 saturated heterocycles. The molecule has 1 heterocycles. The minimum absolute atomic E-state index is 0.199. The van der Waals surface area contributed by atoms with Gasteiger partial charge in [-0.1, -0.05) is 19.1 Å². The second-order valence-corrected chi connectivity index (χ2v) is 8.59. The number of aliphatic imine (C=N–C) groups is 1. The highest BCUT2D eigenvalue weighted by Crippen LogP contribution is 2.15. The van der Waals surface area contributed by atoms with Crippen LogP contribution in [0, 0.1) is 0 Å². The van der Waals surface area contributed by atoms with E-state index in [0.717, 1.165) is 24.9 Å². The molecule has 0 radical (unpaired) electrons. The van der Waals surface area contributed by atoms with Crippen molar-refractivity contribution in [2.45, 2.75) is 45.7 Å². The molecular formula is C18H30N4O3S. The third kappa shape index (κ3) is 6.17. The van der Waals surface area contributed by atoms with E-state index in [2.05, 4.69) is 15.6 Å². The largest absolute Gasteiger partial charge is 0.508 e. The van der Waals surface area contributed by atoms with Gasteiger partial charge < -0.3 is 15.7 Å². The van der Waals surface area contributed by atoms with E-state index in [-0.39, 0.29) is 17.5 Å². The van der Waals surface area contributed by atoms with Crippen molar-refractivity contribution in [1.82, 2.24) is 14.9 Å². The summed E-state index contributed by atoms with van der Waals surface area (Å²) in [6, 6.07) is 7.25. The molecule has 0 unspecified atom stereocenters. The Balaban J connectivity index is 1.91. The average Bonchev–Trinajstić information content (AvgIpc) is 2.60. The molecular weight excluding hydrogens is 352 g/mol. The minimum Gasteiger partial charge on any atom is -0.508 e. The molecule has 146 valence electrons. The van der Waals surface area contributed by atoms with Crippen LogP contribution in [0.5, 0.6) is 5.75 Å². The number of hydrogen-bond acceptors (Lipinski definition) is 4. The first-order chi connectivity index (χ1) is 12.4. The molecule has 0 aliphatic carbocycles. The summed E-state index contributed by atoms with van der Waals surface area (Å²) in [6.45, 7) is 6.20. The number of sulfonamides is 1. The van der Waals surface area contributed by atoms with Gasteiger partial charge in [-0.15, -0.1) is 0 Å². The molecule has 0 bridgehead atoms.